The number of likely N-dealkylation sites (tertiary alicyclic amines) is 1. The summed E-state index contributed by atoms with van der Waals surface area (Å²) in [7, 11) is 0. The van der Waals surface area contributed by atoms with Crippen LogP contribution in [0.1, 0.15) is 39.4 Å². The lowest BCUT2D eigenvalue weighted by Crippen LogP contribution is -2.28. The lowest BCUT2D eigenvalue weighted by atomic mass is 10.1. The third-order valence-electron chi connectivity index (χ3n) is 6.30. The first-order valence-electron chi connectivity index (χ1n) is 10.9. The SMILES string of the molecule is Cc1nc2c3c(nn2c(C)c1Cl)CN(C(=O)c1ccc(F)cc1OCCN1CCC(F)C1)C3. The Morgan fingerprint density at radius 1 is 1.30 bits per heavy atom. The minimum absolute atomic E-state index is 0.186. The van der Waals surface area contributed by atoms with Crippen LogP contribution in [0.2, 0.25) is 5.02 Å². The molecular formula is C23H24ClF2N5O2. The second-order valence-corrected chi connectivity index (χ2v) is 8.97. The van der Waals surface area contributed by atoms with Gasteiger partial charge in [0.2, 0.25) is 0 Å². The van der Waals surface area contributed by atoms with Crippen LogP contribution in [-0.2, 0) is 13.1 Å². The summed E-state index contributed by atoms with van der Waals surface area (Å²) in [6.07, 6.45) is -0.296. The number of benzene rings is 1. The van der Waals surface area contributed by atoms with Crippen LogP contribution in [0.15, 0.2) is 18.2 Å². The first-order chi connectivity index (χ1) is 15.8. The van der Waals surface area contributed by atoms with Crippen molar-refractivity contribution < 1.29 is 18.3 Å². The van der Waals surface area contributed by atoms with Crippen LogP contribution in [0.4, 0.5) is 8.78 Å². The molecule has 7 nitrogen and oxygen atoms in total. The van der Waals surface area contributed by atoms with E-state index in [1.165, 1.54) is 18.2 Å². The highest BCUT2D eigenvalue weighted by Gasteiger charge is 2.32. The van der Waals surface area contributed by atoms with Crippen molar-refractivity contribution in [3.63, 3.8) is 0 Å². The molecule has 0 aliphatic carbocycles. The predicted octanol–water partition coefficient (Wildman–Crippen LogP) is 3.72. The maximum absolute atomic E-state index is 13.9. The van der Waals surface area contributed by atoms with Gasteiger partial charge in [0, 0.05) is 31.3 Å². The molecule has 4 heterocycles. The van der Waals surface area contributed by atoms with Gasteiger partial charge < -0.3 is 9.64 Å². The van der Waals surface area contributed by atoms with Crippen molar-refractivity contribution in [2.75, 3.05) is 26.2 Å². The Morgan fingerprint density at radius 3 is 2.88 bits per heavy atom. The van der Waals surface area contributed by atoms with Crippen molar-refractivity contribution in [2.24, 2.45) is 0 Å². The maximum Gasteiger partial charge on any atom is 0.258 e. The normalized spacial score (nSPS) is 18.3. The Morgan fingerprint density at radius 2 is 2.12 bits per heavy atom. The molecule has 1 amide bonds. The van der Waals surface area contributed by atoms with Gasteiger partial charge in [-0.1, -0.05) is 11.6 Å². The molecule has 0 saturated carbocycles. The average Bonchev–Trinajstić information content (AvgIpc) is 3.47. The van der Waals surface area contributed by atoms with Gasteiger partial charge in [-0.25, -0.2) is 18.3 Å². The molecule has 1 unspecified atom stereocenters. The number of aromatic nitrogens is 3. The molecular weight excluding hydrogens is 452 g/mol. The van der Waals surface area contributed by atoms with Gasteiger partial charge in [0.05, 0.1) is 40.8 Å². The van der Waals surface area contributed by atoms with Crippen LogP contribution in [0.5, 0.6) is 5.75 Å². The van der Waals surface area contributed by atoms with Gasteiger partial charge in [0.25, 0.3) is 5.91 Å². The molecule has 1 atom stereocenters. The zero-order valence-corrected chi connectivity index (χ0v) is 19.2. The molecule has 0 N–H and O–H groups in total. The fourth-order valence-electron chi connectivity index (χ4n) is 4.49. The number of carbonyl (C=O) groups is 1. The quantitative estimate of drug-likeness (QED) is 0.563. The van der Waals surface area contributed by atoms with E-state index in [0.29, 0.717) is 55.5 Å². The number of amides is 1. The number of aryl methyl sites for hydroxylation is 2. The Balaban J connectivity index is 1.34. The topological polar surface area (TPSA) is 63.0 Å². The Hall–Kier alpha value is -2.78. The second-order valence-electron chi connectivity index (χ2n) is 8.59. The van der Waals surface area contributed by atoms with Crippen molar-refractivity contribution in [3.05, 3.63) is 57.2 Å². The highest BCUT2D eigenvalue weighted by Crippen LogP contribution is 2.31. The van der Waals surface area contributed by atoms with Gasteiger partial charge in [-0.3, -0.25) is 9.69 Å². The van der Waals surface area contributed by atoms with Crippen molar-refractivity contribution in [1.82, 2.24) is 24.4 Å². The molecule has 0 radical (unpaired) electrons. The summed E-state index contributed by atoms with van der Waals surface area (Å²) >= 11 is 6.31. The average molecular weight is 476 g/mol. The molecule has 1 fully saturated rings. The summed E-state index contributed by atoms with van der Waals surface area (Å²) in [6, 6.07) is 3.91. The molecule has 174 valence electrons. The molecule has 1 saturated heterocycles. The molecule has 2 aromatic heterocycles. The molecule has 0 spiro atoms. The summed E-state index contributed by atoms with van der Waals surface area (Å²) in [5, 5.41) is 5.18. The summed E-state index contributed by atoms with van der Waals surface area (Å²) in [5.74, 6) is -0.569. The molecule has 10 heteroatoms. The number of nitrogens with zero attached hydrogens (tertiary/aromatic N) is 5. The lowest BCUT2D eigenvalue weighted by molar-refractivity contribution is 0.0744. The van der Waals surface area contributed by atoms with Crippen molar-refractivity contribution in [1.29, 1.82) is 0 Å². The summed E-state index contributed by atoms with van der Waals surface area (Å²) in [6.45, 7) is 6.19. The van der Waals surface area contributed by atoms with E-state index in [4.69, 9.17) is 16.3 Å². The van der Waals surface area contributed by atoms with Crippen LogP contribution >= 0.6 is 11.6 Å². The largest absolute Gasteiger partial charge is 0.491 e. The molecule has 3 aromatic rings. The van der Waals surface area contributed by atoms with Gasteiger partial charge in [0.1, 0.15) is 24.3 Å². The number of fused-ring (bicyclic) bond motifs is 3. The molecule has 1 aromatic carbocycles. The summed E-state index contributed by atoms with van der Waals surface area (Å²) in [4.78, 5) is 21.5. The standard InChI is InChI=1S/C23H24ClF2N5O2/c1-13-21(24)14(2)31-22(27-13)18-11-30(12-19(18)28-31)23(32)17-4-3-15(25)9-20(17)33-8-7-29-6-5-16(26)10-29/h3-4,9,16H,5-8,10-12H2,1-2H3. The predicted molar refractivity (Wildman–Crippen MR) is 119 cm³/mol. The molecule has 0 bridgehead atoms. The number of alkyl halides is 1. The molecule has 2 aliphatic rings. The smallest absolute Gasteiger partial charge is 0.258 e. The minimum atomic E-state index is -0.812. The van der Waals surface area contributed by atoms with E-state index in [0.717, 1.165) is 17.0 Å². The molecule has 2 aliphatic heterocycles. The van der Waals surface area contributed by atoms with Crippen molar-refractivity contribution >= 4 is 23.2 Å². The van der Waals surface area contributed by atoms with Crippen LogP contribution in [-0.4, -0.2) is 62.7 Å². The van der Waals surface area contributed by atoms with E-state index in [1.807, 2.05) is 18.7 Å². The second kappa shape index (κ2) is 8.53. The number of carbonyl (C=O) groups excluding carboxylic acids is 1. The third kappa shape index (κ3) is 4.04. The number of ether oxygens (including phenoxy) is 1. The van der Waals surface area contributed by atoms with E-state index in [1.54, 1.807) is 9.42 Å². The van der Waals surface area contributed by atoms with Gasteiger partial charge in [0.15, 0.2) is 5.65 Å². The van der Waals surface area contributed by atoms with Gasteiger partial charge in [-0.15, -0.1) is 0 Å². The first-order valence-corrected chi connectivity index (χ1v) is 11.3. The monoisotopic (exact) mass is 475 g/mol. The third-order valence-corrected chi connectivity index (χ3v) is 6.84. The van der Waals surface area contributed by atoms with Gasteiger partial charge in [-0.2, -0.15) is 5.10 Å². The number of rotatable bonds is 5. The lowest BCUT2D eigenvalue weighted by Gasteiger charge is -2.20. The number of hydrogen-bond acceptors (Lipinski definition) is 5. The number of hydrogen-bond donors (Lipinski definition) is 0. The van der Waals surface area contributed by atoms with Gasteiger partial charge in [-0.05, 0) is 32.4 Å². The van der Waals surface area contributed by atoms with Crippen LogP contribution in [0, 0.1) is 19.7 Å². The molecule has 5 rings (SSSR count). The maximum atomic E-state index is 13.9. The zero-order chi connectivity index (χ0) is 23.3. The summed E-state index contributed by atoms with van der Waals surface area (Å²) < 4.78 is 34.8. The first kappa shape index (κ1) is 22.0. The number of halogens is 3. The van der Waals surface area contributed by atoms with E-state index >= 15 is 0 Å². The Labute approximate surface area is 194 Å². The van der Waals surface area contributed by atoms with Crippen LogP contribution in [0.3, 0.4) is 0 Å². The van der Waals surface area contributed by atoms with E-state index in [2.05, 4.69) is 10.1 Å². The van der Waals surface area contributed by atoms with Crippen LogP contribution in [0.25, 0.3) is 5.65 Å². The fourth-order valence-corrected chi connectivity index (χ4v) is 4.62. The molecule has 33 heavy (non-hydrogen) atoms. The van der Waals surface area contributed by atoms with E-state index in [-0.39, 0.29) is 23.8 Å². The zero-order valence-electron chi connectivity index (χ0n) is 18.4. The van der Waals surface area contributed by atoms with Crippen LogP contribution < -0.4 is 4.74 Å². The Kier molecular flexibility index (Phi) is 5.70. The van der Waals surface area contributed by atoms with Crippen molar-refractivity contribution in [3.8, 4) is 5.75 Å². The highest BCUT2D eigenvalue weighted by molar-refractivity contribution is 6.31. The van der Waals surface area contributed by atoms with Crippen molar-refractivity contribution in [2.45, 2.75) is 39.5 Å². The van der Waals surface area contributed by atoms with Gasteiger partial charge >= 0.3 is 0 Å². The summed E-state index contributed by atoms with van der Waals surface area (Å²) in [5.41, 5.74) is 4.13. The minimum Gasteiger partial charge on any atom is -0.491 e. The van der Waals surface area contributed by atoms with E-state index < -0.39 is 12.0 Å². The highest BCUT2D eigenvalue weighted by atomic mass is 35.5. The fraction of sp³-hybridized carbons (Fsp3) is 0.435. The van der Waals surface area contributed by atoms with E-state index in [9.17, 15) is 13.6 Å². The Bertz CT molecular complexity index is 1250.